The van der Waals surface area contributed by atoms with Gasteiger partial charge in [-0.05, 0) is 42.3 Å². The van der Waals surface area contributed by atoms with Crippen LogP contribution in [-0.4, -0.2) is 41.6 Å². The SMILES string of the molecule is CNCc1cccc(CNCc2ccc3c(c2)C(=O)N(C2CCC(=O)NC2=O)C3=O)c1. The Morgan fingerprint density at radius 3 is 2.29 bits per heavy atom. The van der Waals surface area contributed by atoms with Crippen LogP contribution in [0.25, 0.3) is 0 Å². The Kier molecular flexibility index (Phi) is 5.92. The molecule has 0 bridgehead atoms. The molecule has 0 spiro atoms. The molecule has 4 amide bonds. The maximum atomic E-state index is 12.9. The van der Waals surface area contributed by atoms with Crippen LogP contribution in [0.4, 0.5) is 0 Å². The number of carbonyl (C=O) groups is 4. The third-order valence-electron chi connectivity index (χ3n) is 5.53. The second-order valence-electron chi connectivity index (χ2n) is 7.78. The Balaban J connectivity index is 1.43. The van der Waals surface area contributed by atoms with E-state index in [0.29, 0.717) is 24.2 Å². The highest BCUT2D eigenvalue weighted by molar-refractivity contribution is 6.23. The summed E-state index contributed by atoms with van der Waals surface area (Å²) in [4.78, 5) is 50.2. The lowest BCUT2D eigenvalue weighted by molar-refractivity contribution is -0.136. The van der Waals surface area contributed by atoms with Crippen molar-refractivity contribution in [3.63, 3.8) is 0 Å². The van der Waals surface area contributed by atoms with Crippen LogP contribution in [0.1, 0.15) is 50.2 Å². The average molecular weight is 420 g/mol. The van der Waals surface area contributed by atoms with E-state index in [2.05, 4.69) is 34.1 Å². The van der Waals surface area contributed by atoms with Crippen molar-refractivity contribution in [1.29, 1.82) is 0 Å². The topological polar surface area (TPSA) is 108 Å². The van der Waals surface area contributed by atoms with Gasteiger partial charge >= 0.3 is 0 Å². The summed E-state index contributed by atoms with van der Waals surface area (Å²) in [5.74, 6) is -1.97. The highest BCUT2D eigenvalue weighted by Gasteiger charge is 2.44. The zero-order chi connectivity index (χ0) is 22.0. The molecule has 1 atom stereocenters. The molecule has 2 heterocycles. The van der Waals surface area contributed by atoms with Crippen LogP contribution in [0.15, 0.2) is 42.5 Å². The number of benzene rings is 2. The monoisotopic (exact) mass is 420 g/mol. The number of hydrogen-bond donors (Lipinski definition) is 3. The molecule has 0 radical (unpaired) electrons. The molecular weight excluding hydrogens is 396 g/mol. The van der Waals surface area contributed by atoms with Gasteiger partial charge in [-0.25, -0.2) is 0 Å². The van der Waals surface area contributed by atoms with E-state index in [4.69, 9.17) is 0 Å². The second-order valence-corrected chi connectivity index (χ2v) is 7.78. The van der Waals surface area contributed by atoms with Gasteiger partial charge in [0.15, 0.2) is 0 Å². The summed E-state index contributed by atoms with van der Waals surface area (Å²) < 4.78 is 0. The number of nitrogens with zero attached hydrogens (tertiary/aromatic N) is 1. The number of carbonyl (C=O) groups excluding carboxylic acids is 4. The van der Waals surface area contributed by atoms with Crippen molar-refractivity contribution in [2.45, 2.75) is 38.5 Å². The Morgan fingerprint density at radius 2 is 1.58 bits per heavy atom. The molecule has 1 fully saturated rings. The quantitative estimate of drug-likeness (QED) is 0.579. The lowest BCUT2D eigenvalue weighted by Crippen LogP contribution is -2.54. The Labute approximate surface area is 180 Å². The standard InChI is InChI=1S/C23H24N4O4/c1-24-11-14-3-2-4-15(9-14)12-25-13-16-5-6-17-18(10-16)23(31)27(22(17)30)19-7-8-20(28)26-21(19)29/h2-6,9-10,19,24-25H,7-8,11-13H2,1H3,(H,26,28,29). The van der Waals surface area contributed by atoms with Gasteiger partial charge in [-0.1, -0.05) is 30.3 Å². The summed E-state index contributed by atoms with van der Waals surface area (Å²) in [5, 5.41) is 8.69. The molecule has 8 nitrogen and oxygen atoms in total. The fourth-order valence-electron chi connectivity index (χ4n) is 4.03. The minimum absolute atomic E-state index is 0.106. The van der Waals surface area contributed by atoms with Crippen LogP contribution in [-0.2, 0) is 29.2 Å². The molecule has 31 heavy (non-hydrogen) atoms. The predicted molar refractivity (Wildman–Crippen MR) is 113 cm³/mol. The summed E-state index contributed by atoms with van der Waals surface area (Å²) in [6.07, 6.45) is 0.256. The number of amides is 4. The zero-order valence-corrected chi connectivity index (χ0v) is 17.2. The van der Waals surface area contributed by atoms with Crippen molar-refractivity contribution in [2.75, 3.05) is 7.05 Å². The second kappa shape index (κ2) is 8.79. The number of hydrogen-bond acceptors (Lipinski definition) is 6. The first-order valence-electron chi connectivity index (χ1n) is 10.3. The van der Waals surface area contributed by atoms with Crippen LogP contribution in [0.5, 0.6) is 0 Å². The molecule has 0 aromatic heterocycles. The molecule has 3 N–H and O–H groups in total. The zero-order valence-electron chi connectivity index (χ0n) is 17.2. The third-order valence-corrected chi connectivity index (χ3v) is 5.53. The van der Waals surface area contributed by atoms with Gasteiger partial charge in [0.2, 0.25) is 11.8 Å². The average Bonchev–Trinajstić information content (AvgIpc) is 2.99. The lowest BCUT2D eigenvalue weighted by atomic mass is 10.0. The Bertz CT molecular complexity index is 1070. The van der Waals surface area contributed by atoms with Gasteiger partial charge in [-0.3, -0.25) is 29.4 Å². The molecule has 1 unspecified atom stereocenters. The number of fused-ring (bicyclic) bond motifs is 1. The van der Waals surface area contributed by atoms with E-state index in [1.165, 1.54) is 5.56 Å². The lowest BCUT2D eigenvalue weighted by Gasteiger charge is -2.27. The summed E-state index contributed by atoms with van der Waals surface area (Å²) >= 11 is 0. The minimum Gasteiger partial charge on any atom is -0.316 e. The first kappa shape index (κ1) is 20.9. The number of piperidine rings is 1. The fourth-order valence-corrected chi connectivity index (χ4v) is 4.03. The van der Waals surface area contributed by atoms with Crippen LogP contribution in [0, 0.1) is 0 Å². The van der Waals surface area contributed by atoms with Crippen molar-refractivity contribution >= 4 is 23.6 Å². The normalized spacial score (nSPS) is 18.4. The van der Waals surface area contributed by atoms with Gasteiger partial charge in [-0.2, -0.15) is 0 Å². The summed E-state index contributed by atoms with van der Waals surface area (Å²) in [6, 6.07) is 12.5. The van der Waals surface area contributed by atoms with Crippen LogP contribution >= 0.6 is 0 Å². The molecule has 8 heteroatoms. The van der Waals surface area contributed by atoms with Crippen molar-refractivity contribution in [3.05, 3.63) is 70.3 Å². The molecule has 2 aliphatic rings. The van der Waals surface area contributed by atoms with Gasteiger partial charge in [0.1, 0.15) is 6.04 Å². The Morgan fingerprint density at radius 1 is 0.903 bits per heavy atom. The summed E-state index contributed by atoms with van der Waals surface area (Å²) in [6.45, 7) is 2.01. The van der Waals surface area contributed by atoms with Crippen LogP contribution in [0.2, 0.25) is 0 Å². The number of nitrogens with one attached hydrogen (secondary N) is 3. The molecule has 2 aromatic carbocycles. The first-order chi connectivity index (χ1) is 15.0. The third kappa shape index (κ3) is 4.26. The smallest absolute Gasteiger partial charge is 0.262 e. The van der Waals surface area contributed by atoms with Crippen LogP contribution < -0.4 is 16.0 Å². The molecule has 2 aliphatic heterocycles. The van der Waals surface area contributed by atoms with Gasteiger partial charge in [0.25, 0.3) is 11.8 Å². The van der Waals surface area contributed by atoms with E-state index in [1.807, 2.05) is 19.2 Å². The van der Waals surface area contributed by atoms with Crippen molar-refractivity contribution in [1.82, 2.24) is 20.9 Å². The van der Waals surface area contributed by atoms with E-state index in [1.54, 1.807) is 12.1 Å². The molecule has 1 saturated heterocycles. The van der Waals surface area contributed by atoms with Crippen molar-refractivity contribution < 1.29 is 19.2 Å². The number of imide groups is 2. The molecule has 4 rings (SSSR count). The predicted octanol–water partition coefficient (Wildman–Crippen LogP) is 1.10. The van der Waals surface area contributed by atoms with E-state index in [-0.39, 0.29) is 18.7 Å². The highest BCUT2D eigenvalue weighted by atomic mass is 16.2. The fraction of sp³-hybridized carbons (Fsp3) is 0.304. The van der Waals surface area contributed by atoms with E-state index in [0.717, 1.165) is 22.6 Å². The molecular formula is C23H24N4O4. The molecule has 0 aliphatic carbocycles. The maximum absolute atomic E-state index is 12.9. The van der Waals surface area contributed by atoms with Crippen molar-refractivity contribution in [3.8, 4) is 0 Å². The Hall–Kier alpha value is -3.36. The molecule has 2 aromatic rings. The van der Waals surface area contributed by atoms with Crippen LogP contribution in [0.3, 0.4) is 0 Å². The van der Waals surface area contributed by atoms with E-state index in [9.17, 15) is 19.2 Å². The molecule has 160 valence electrons. The van der Waals surface area contributed by atoms with E-state index >= 15 is 0 Å². The largest absolute Gasteiger partial charge is 0.316 e. The molecule has 0 saturated carbocycles. The van der Waals surface area contributed by atoms with Gasteiger partial charge < -0.3 is 10.6 Å². The van der Waals surface area contributed by atoms with Gasteiger partial charge in [0.05, 0.1) is 11.1 Å². The maximum Gasteiger partial charge on any atom is 0.262 e. The number of rotatable bonds is 7. The van der Waals surface area contributed by atoms with Gasteiger partial charge in [0, 0.05) is 26.1 Å². The van der Waals surface area contributed by atoms with E-state index < -0.39 is 23.8 Å². The minimum atomic E-state index is -0.948. The highest BCUT2D eigenvalue weighted by Crippen LogP contribution is 2.28. The summed E-state index contributed by atoms with van der Waals surface area (Å²) in [7, 11) is 1.91. The first-order valence-corrected chi connectivity index (χ1v) is 10.3. The summed E-state index contributed by atoms with van der Waals surface area (Å²) in [5.41, 5.74) is 3.82. The van der Waals surface area contributed by atoms with Gasteiger partial charge in [-0.15, -0.1) is 0 Å². The van der Waals surface area contributed by atoms with Crippen molar-refractivity contribution in [2.24, 2.45) is 0 Å².